The van der Waals surface area contributed by atoms with Crippen LogP contribution in [0.15, 0.2) is 213 Å². The Hall–Kier alpha value is -8.15. The minimum Gasteiger partial charge on any atom is -0.309 e. The SMILES string of the molecule is CC1(C)c2ccccc2-c2ccc(N(c3cc(-c4ccncc4)cc(-c4ccncc4)c3)c3cnc(-c4ccc5c(c4)c4ccccc4n5-c4ccccc4)c4ccccc34)cc21. The number of nitrogens with zero attached hydrogens (tertiary/aromatic N) is 5. The first kappa shape index (κ1) is 36.7. The number of fused-ring (bicyclic) bond motifs is 7. The van der Waals surface area contributed by atoms with Gasteiger partial charge in [-0.1, -0.05) is 111 Å². The lowest BCUT2D eigenvalue weighted by atomic mass is 9.82. The number of anilines is 3. The topological polar surface area (TPSA) is 46.8 Å². The van der Waals surface area contributed by atoms with Gasteiger partial charge in [0.25, 0.3) is 0 Å². The summed E-state index contributed by atoms with van der Waals surface area (Å²) in [7, 11) is 0. The van der Waals surface area contributed by atoms with E-state index < -0.39 is 0 Å². The van der Waals surface area contributed by atoms with Crippen LogP contribution in [0.4, 0.5) is 17.1 Å². The molecule has 298 valence electrons. The van der Waals surface area contributed by atoms with E-state index in [2.05, 4.69) is 221 Å². The number of para-hydroxylation sites is 2. The molecule has 0 atom stereocenters. The second kappa shape index (κ2) is 14.5. The fourth-order valence-electron chi connectivity index (χ4n) is 9.98. The van der Waals surface area contributed by atoms with Crippen molar-refractivity contribution >= 4 is 49.6 Å². The number of rotatable bonds is 7. The third-order valence-electron chi connectivity index (χ3n) is 13.0. The Kier molecular flexibility index (Phi) is 8.44. The average molecular weight is 808 g/mol. The zero-order chi connectivity index (χ0) is 42.1. The Labute approximate surface area is 366 Å². The Morgan fingerprint density at radius 1 is 0.429 bits per heavy atom. The van der Waals surface area contributed by atoms with Gasteiger partial charge in [0.1, 0.15) is 0 Å². The summed E-state index contributed by atoms with van der Waals surface area (Å²) < 4.78 is 2.36. The number of aromatic nitrogens is 4. The molecule has 63 heavy (non-hydrogen) atoms. The van der Waals surface area contributed by atoms with E-state index in [-0.39, 0.29) is 5.41 Å². The molecule has 0 radical (unpaired) electrons. The summed E-state index contributed by atoms with van der Waals surface area (Å²) in [5.41, 5.74) is 18.0. The second-order valence-electron chi connectivity index (χ2n) is 16.9. The van der Waals surface area contributed by atoms with Gasteiger partial charge in [0.2, 0.25) is 0 Å². The molecule has 11 aromatic rings. The molecule has 4 heterocycles. The predicted octanol–water partition coefficient (Wildman–Crippen LogP) is 14.9. The molecule has 7 aromatic carbocycles. The lowest BCUT2D eigenvalue weighted by Crippen LogP contribution is -2.17. The summed E-state index contributed by atoms with van der Waals surface area (Å²) in [5, 5.41) is 4.60. The number of hydrogen-bond acceptors (Lipinski definition) is 4. The largest absolute Gasteiger partial charge is 0.309 e. The first-order valence-corrected chi connectivity index (χ1v) is 21.5. The molecular weight excluding hydrogens is 767 g/mol. The normalized spacial score (nSPS) is 12.7. The zero-order valence-corrected chi connectivity index (χ0v) is 34.9. The number of benzene rings is 7. The minimum absolute atomic E-state index is 0.179. The van der Waals surface area contributed by atoms with Crippen LogP contribution < -0.4 is 4.90 Å². The molecule has 0 saturated carbocycles. The van der Waals surface area contributed by atoms with Gasteiger partial charge >= 0.3 is 0 Å². The van der Waals surface area contributed by atoms with E-state index in [0.717, 1.165) is 67.0 Å². The van der Waals surface area contributed by atoms with Crippen LogP contribution in [0.2, 0.25) is 0 Å². The molecule has 5 nitrogen and oxygen atoms in total. The summed E-state index contributed by atoms with van der Waals surface area (Å²) in [6, 6.07) is 65.8. The highest BCUT2D eigenvalue weighted by atomic mass is 15.2. The molecule has 0 N–H and O–H groups in total. The van der Waals surface area contributed by atoms with Crippen molar-refractivity contribution in [2.24, 2.45) is 0 Å². The molecule has 5 heteroatoms. The maximum absolute atomic E-state index is 5.43. The predicted molar refractivity (Wildman–Crippen MR) is 260 cm³/mol. The summed E-state index contributed by atoms with van der Waals surface area (Å²) in [6.45, 7) is 4.69. The van der Waals surface area contributed by atoms with Crippen molar-refractivity contribution in [3.63, 3.8) is 0 Å². The first-order chi connectivity index (χ1) is 31.0. The molecule has 0 amide bonds. The summed E-state index contributed by atoms with van der Waals surface area (Å²) >= 11 is 0. The van der Waals surface area contributed by atoms with Crippen molar-refractivity contribution in [3.8, 4) is 50.3 Å². The smallest absolute Gasteiger partial charge is 0.0782 e. The summed E-state index contributed by atoms with van der Waals surface area (Å²) in [4.78, 5) is 16.5. The highest BCUT2D eigenvalue weighted by Gasteiger charge is 2.36. The lowest BCUT2D eigenvalue weighted by Gasteiger charge is -2.30. The van der Waals surface area contributed by atoms with Gasteiger partial charge in [0.05, 0.1) is 28.6 Å². The zero-order valence-electron chi connectivity index (χ0n) is 34.9. The standard InChI is InChI=1S/C58H41N5/c1-58(2)52-18-10-8-14-46(52)47-22-21-44(36-53(47)58)62(45-33-41(38-24-28-59-29-25-38)32-42(34-45)39-26-30-60-31-27-39)56-37-61-57(50-17-7-6-15-48(50)56)40-20-23-55-51(35-40)49-16-9-11-19-54(49)63(55)43-12-4-3-5-13-43/h3-37H,1-2H3. The van der Waals surface area contributed by atoms with E-state index in [4.69, 9.17) is 4.98 Å². The Morgan fingerprint density at radius 3 is 1.79 bits per heavy atom. The monoisotopic (exact) mass is 807 g/mol. The molecule has 1 aliphatic carbocycles. The fourth-order valence-corrected chi connectivity index (χ4v) is 9.98. The first-order valence-electron chi connectivity index (χ1n) is 21.5. The van der Waals surface area contributed by atoms with E-state index >= 15 is 0 Å². The number of hydrogen-bond donors (Lipinski definition) is 0. The second-order valence-corrected chi connectivity index (χ2v) is 16.9. The molecule has 0 bridgehead atoms. The molecule has 4 aromatic heterocycles. The molecular formula is C58H41N5. The molecule has 12 rings (SSSR count). The Bertz CT molecular complexity index is 3480. The van der Waals surface area contributed by atoms with Gasteiger partial charge in [-0.2, -0.15) is 0 Å². The molecule has 1 aliphatic rings. The molecule has 0 unspecified atom stereocenters. The maximum atomic E-state index is 5.43. The van der Waals surface area contributed by atoms with E-state index in [1.165, 1.54) is 44.1 Å². The van der Waals surface area contributed by atoms with Gasteiger partial charge in [0, 0.05) is 74.4 Å². The van der Waals surface area contributed by atoms with E-state index in [9.17, 15) is 0 Å². The lowest BCUT2D eigenvalue weighted by molar-refractivity contribution is 0.660. The van der Waals surface area contributed by atoms with Crippen molar-refractivity contribution in [2.45, 2.75) is 19.3 Å². The molecule has 0 fully saturated rings. The van der Waals surface area contributed by atoms with Crippen molar-refractivity contribution in [1.29, 1.82) is 0 Å². The van der Waals surface area contributed by atoms with E-state index in [1.54, 1.807) is 0 Å². The van der Waals surface area contributed by atoms with Gasteiger partial charge < -0.3 is 9.47 Å². The van der Waals surface area contributed by atoms with Crippen LogP contribution in [0.3, 0.4) is 0 Å². The van der Waals surface area contributed by atoms with Gasteiger partial charge in [-0.15, -0.1) is 0 Å². The van der Waals surface area contributed by atoms with Crippen LogP contribution in [-0.4, -0.2) is 19.5 Å². The third kappa shape index (κ3) is 5.96. The van der Waals surface area contributed by atoms with Gasteiger partial charge in [-0.3, -0.25) is 15.0 Å². The Morgan fingerprint density at radius 2 is 1.05 bits per heavy atom. The van der Waals surface area contributed by atoms with Crippen LogP contribution in [-0.2, 0) is 5.41 Å². The molecule has 0 spiro atoms. The number of pyridine rings is 3. The van der Waals surface area contributed by atoms with Crippen LogP contribution in [0.5, 0.6) is 0 Å². The van der Waals surface area contributed by atoms with Crippen molar-refractivity contribution < 1.29 is 0 Å². The fraction of sp³-hybridized carbons (Fsp3) is 0.0517. The minimum atomic E-state index is -0.179. The quantitative estimate of drug-likeness (QED) is 0.161. The van der Waals surface area contributed by atoms with Crippen molar-refractivity contribution in [1.82, 2.24) is 19.5 Å². The van der Waals surface area contributed by atoms with E-state index in [1.807, 2.05) is 24.8 Å². The summed E-state index contributed by atoms with van der Waals surface area (Å²) in [6.07, 6.45) is 9.52. The van der Waals surface area contributed by atoms with Gasteiger partial charge in [0.15, 0.2) is 0 Å². The highest BCUT2D eigenvalue weighted by molar-refractivity contribution is 6.12. The van der Waals surface area contributed by atoms with Crippen LogP contribution in [0, 0.1) is 0 Å². The summed E-state index contributed by atoms with van der Waals surface area (Å²) in [5.74, 6) is 0. The van der Waals surface area contributed by atoms with Gasteiger partial charge in [-0.25, -0.2) is 0 Å². The van der Waals surface area contributed by atoms with E-state index in [0.29, 0.717) is 0 Å². The molecule has 0 aliphatic heterocycles. The Balaban J connectivity index is 1.09. The van der Waals surface area contributed by atoms with Crippen molar-refractivity contribution in [3.05, 3.63) is 224 Å². The van der Waals surface area contributed by atoms with Crippen molar-refractivity contribution in [2.75, 3.05) is 4.90 Å². The maximum Gasteiger partial charge on any atom is 0.0782 e. The van der Waals surface area contributed by atoms with Crippen LogP contribution >= 0.6 is 0 Å². The van der Waals surface area contributed by atoms with Gasteiger partial charge in [-0.05, 0) is 129 Å². The highest BCUT2D eigenvalue weighted by Crippen LogP contribution is 2.52. The average Bonchev–Trinajstić information content (AvgIpc) is 3.80. The molecule has 0 saturated heterocycles. The van der Waals surface area contributed by atoms with Crippen LogP contribution in [0.25, 0.3) is 82.9 Å². The third-order valence-corrected chi connectivity index (χ3v) is 13.0. The van der Waals surface area contributed by atoms with Crippen LogP contribution in [0.1, 0.15) is 25.0 Å².